The van der Waals surface area contributed by atoms with Crippen molar-refractivity contribution in [1.82, 2.24) is 0 Å². The van der Waals surface area contributed by atoms with Gasteiger partial charge in [-0.05, 0) is 12.3 Å². The quantitative estimate of drug-likeness (QED) is 0.0699. The van der Waals surface area contributed by atoms with Crippen molar-refractivity contribution in [3.8, 4) is 0 Å². The van der Waals surface area contributed by atoms with E-state index in [0.717, 1.165) is 12.8 Å². The first-order chi connectivity index (χ1) is 17.1. The van der Waals surface area contributed by atoms with E-state index < -0.39 is 12.1 Å². The number of carboxylic acid groups (broad SMARTS) is 1. The first-order valence-electron chi connectivity index (χ1n) is 15.3. The maximum Gasteiger partial charge on any atom is 0.306 e. The predicted molar refractivity (Wildman–Crippen MR) is 150 cm³/mol. The van der Waals surface area contributed by atoms with Gasteiger partial charge in [0.1, 0.15) is 6.54 Å². The Hall–Kier alpha value is -1.10. The zero-order chi connectivity index (χ0) is 27.1. The van der Waals surface area contributed by atoms with Crippen LogP contribution in [0, 0.1) is 5.92 Å². The summed E-state index contributed by atoms with van der Waals surface area (Å²) < 4.78 is 5.98. The Kier molecular flexibility index (Phi) is 22.3. The average molecular weight is 512 g/mol. The van der Waals surface area contributed by atoms with Crippen LogP contribution in [-0.2, 0) is 14.3 Å². The minimum atomic E-state index is -1.17. The van der Waals surface area contributed by atoms with E-state index >= 15 is 0 Å². The van der Waals surface area contributed by atoms with Gasteiger partial charge in [0.05, 0.1) is 21.1 Å². The van der Waals surface area contributed by atoms with Crippen LogP contribution in [0.1, 0.15) is 149 Å². The Morgan fingerprint density at radius 2 is 1.11 bits per heavy atom. The number of likely N-dealkylation sites (N-methyl/N-ethyl adjacent to an activating group) is 1. The third kappa shape index (κ3) is 26.0. The molecule has 0 bridgehead atoms. The second-order valence-corrected chi connectivity index (χ2v) is 12.3. The van der Waals surface area contributed by atoms with Crippen LogP contribution in [0.3, 0.4) is 0 Å². The molecule has 0 saturated carbocycles. The van der Waals surface area contributed by atoms with Crippen molar-refractivity contribution in [3.63, 3.8) is 0 Å². The standard InChI is InChI=1S/C31H61NO4/c1-6-7-8-9-10-11-12-13-14-15-16-17-18-19-20-21-23-28(2)24-22-25-31(35)36-29(26-30(33)34)27-32(3,4)5/h28-29H,6-27H2,1-5H3. The lowest BCUT2D eigenvalue weighted by Gasteiger charge is -2.29. The molecule has 0 saturated heterocycles. The number of carboxylic acids is 1. The van der Waals surface area contributed by atoms with Crippen LogP contribution in [0.4, 0.5) is 0 Å². The van der Waals surface area contributed by atoms with Gasteiger partial charge in [-0.2, -0.15) is 0 Å². The number of aliphatic carboxylic acids is 1. The van der Waals surface area contributed by atoms with Gasteiger partial charge in [-0.1, -0.05) is 129 Å². The Morgan fingerprint density at radius 3 is 1.53 bits per heavy atom. The first-order valence-corrected chi connectivity index (χ1v) is 15.3. The predicted octanol–water partition coefficient (Wildman–Crippen LogP) is 7.20. The summed E-state index contributed by atoms with van der Waals surface area (Å²) >= 11 is 0. The van der Waals surface area contributed by atoms with Crippen LogP contribution in [0.5, 0.6) is 0 Å². The van der Waals surface area contributed by atoms with Gasteiger partial charge >= 0.3 is 5.97 Å². The van der Waals surface area contributed by atoms with E-state index in [9.17, 15) is 14.7 Å². The third-order valence-electron chi connectivity index (χ3n) is 7.07. The molecule has 0 aromatic carbocycles. The molecule has 0 spiro atoms. The molecule has 5 heteroatoms. The molecule has 2 unspecified atom stereocenters. The molecule has 0 aliphatic rings. The van der Waals surface area contributed by atoms with Crippen LogP contribution < -0.4 is 5.11 Å². The SMILES string of the molecule is CCCCCCCCCCCCCCCCCCC(C)CCCC(=O)OC(CC(=O)[O-])C[N+](C)(C)C. The van der Waals surface area contributed by atoms with Gasteiger partial charge in [-0.15, -0.1) is 0 Å². The van der Waals surface area contributed by atoms with Crippen LogP contribution in [-0.4, -0.2) is 50.2 Å². The molecule has 5 nitrogen and oxygen atoms in total. The lowest BCUT2D eigenvalue weighted by atomic mass is 9.96. The van der Waals surface area contributed by atoms with Gasteiger partial charge < -0.3 is 19.1 Å². The monoisotopic (exact) mass is 511 g/mol. The fraction of sp³-hybridized carbons (Fsp3) is 0.935. The van der Waals surface area contributed by atoms with Crippen molar-refractivity contribution in [2.45, 2.75) is 155 Å². The van der Waals surface area contributed by atoms with Gasteiger partial charge in [0, 0.05) is 18.8 Å². The van der Waals surface area contributed by atoms with E-state index in [-0.39, 0.29) is 12.4 Å². The molecule has 0 radical (unpaired) electrons. The highest BCUT2D eigenvalue weighted by atomic mass is 16.5. The number of carbonyl (C=O) groups excluding carboxylic acids is 2. The summed E-state index contributed by atoms with van der Waals surface area (Å²) in [4.78, 5) is 23.1. The Bertz CT molecular complexity index is 529. The highest BCUT2D eigenvalue weighted by molar-refractivity contribution is 5.70. The fourth-order valence-corrected chi connectivity index (χ4v) is 4.97. The number of quaternary nitrogens is 1. The summed E-state index contributed by atoms with van der Waals surface area (Å²) in [6.45, 7) is 5.02. The Balaban J connectivity index is 3.58. The van der Waals surface area contributed by atoms with Gasteiger partial charge in [-0.3, -0.25) is 4.79 Å². The van der Waals surface area contributed by atoms with Crippen LogP contribution in [0.15, 0.2) is 0 Å². The van der Waals surface area contributed by atoms with Crippen LogP contribution in [0.25, 0.3) is 0 Å². The average Bonchev–Trinajstić information content (AvgIpc) is 2.77. The molecule has 0 aromatic heterocycles. The zero-order valence-electron chi connectivity index (χ0n) is 24.8. The van der Waals surface area contributed by atoms with Gasteiger partial charge in [0.15, 0.2) is 6.10 Å². The minimum Gasteiger partial charge on any atom is -0.550 e. The summed E-state index contributed by atoms with van der Waals surface area (Å²) in [5.74, 6) is -0.840. The second kappa shape index (κ2) is 23.0. The molecule has 214 valence electrons. The smallest absolute Gasteiger partial charge is 0.306 e. The van der Waals surface area contributed by atoms with Crippen molar-refractivity contribution in [1.29, 1.82) is 0 Å². The molecule has 36 heavy (non-hydrogen) atoms. The molecule has 0 aromatic rings. The molecule has 0 aliphatic carbocycles. The van der Waals surface area contributed by atoms with Crippen LogP contribution >= 0.6 is 0 Å². The lowest BCUT2D eigenvalue weighted by molar-refractivity contribution is -0.873. The van der Waals surface area contributed by atoms with E-state index in [4.69, 9.17) is 4.74 Å². The van der Waals surface area contributed by atoms with Crippen LogP contribution in [0.2, 0.25) is 0 Å². The van der Waals surface area contributed by atoms with Crippen molar-refractivity contribution in [2.24, 2.45) is 5.92 Å². The number of rotatable bonds is 26. The Morgan fingerprint density at radius 1 is 0.694 bits per heavy atom. The van der Waals surface area contributed by atoms with E-state index in [0.29, 0.717) is 23.4 Å². The number of nitrogens with zero attached hydrogens (tertiary/aromatic N) is 1. The van der Waals surface area contributed by atoms with E-state index in [1.165, 1.54) is 109 Å². The molecule has 0 rings (SSSR count). The third-order valence-corrected chi connectivity index (χ3v) is 7.07. The topological polar surface area (TPSA) is 66.4 Å². The van der Waals surface area contributed by atoms with E-state index in [1.54, 1.807) is 0 Å². The summed E-state index contributed by atoms with van der Waals surface area (Å²) in [7, 11) is 5.86. The summed E-state index contributed by atoms with van der Waals surface area (Å²) in [5, 5.41) is 11.0. The second-order valence-electron chi connectivity index (χ2n) is 12.3. The summed E-state index contributed by atoms with van der Waals surface area (Å²) in [5.41, 5.74) is 0. The number of unbranched alkanes of at least 4 members (excludes halogenated alkanes) is 15. The normalized spacial score (nSPS) is 13.5. The lowest BCUT2D eigenvalue weighted by Crippen LogP contribution is -2.45. The largest absolute Gasteiger partial charge is 0.550 e. The number of hydrogen-bond acceptors (Lipinski definition) is 4. The molecule has 0 heterocycles. The highest BCUT2D eigenvalue weighted by Gasteiger charge is 2.22. The summed E-state index contributed by atoms with van der Waals surface area (Å²) in [6.07, 6.45) is 24.9. The highest BCUT2D eigenvalue weighted by Crippen LogP contribution is 2.18. The summed E-state index contributed by atoms with van der Waals surface area (Å²) in [6, 6.07) is 0. The maximum atomic E-state index is 12.2. The zero-order valence-corrected chi connectivity index (χ0v) is 24.8. The van der Waals surface area contributed by atoms with Crippen molar-refractivity contribution in [2.75, 3.05) is 27.7 Å². The minimum absolute atomic E-state index is 0.239. The molecular weight excluding hydrogens is 450 g/mol. The molecule has 0 aliphatic heterocycles. The molecule has 0 amide bonds. The number of ether oxygens (including phenoxy) is 1. The molecule has 2 atom stereocenters. The van der Waals surface area contributed by atoms with E-state index in [2.05, 4.69) is 13.8 Å². The number of hydrogen-bond donors (Lipinski definition) is 0. The Labute approximate surface area is 224 Å². The first kappa shape index (κ1) is 34.9. The molecular formula is C31H61NO4. The van der Waals surface area contributed by atoms with E-state index in [1.807, 2.05) is 21.1 Å². The van der Waals surface area contributed by atoms with Gasteiger partial charge in [0.2, 0.25) is 0 Å². The fourth-order valence-electron chi connectivity index (χ4n) is 4.97. The van der Waals surface area contributed by atoms with Gasteiger partial charge in [-0.25, -0.2) is 0 Å². The maximum absolute atomic E-state index is 12.2. The van der Waals surface area contributed by atoms with Crippen molar-refractivity contribution in [3.05, 3.63) is 0 Å². The molecule has 0 fully saturated rings. The van der Waals surface area contributed by atoms with Crippen molar-refractivity contribution < 1.29 is 23.9 Å². The van der Waals surface area contributed by atoms with Gasteiger partial charge in [0.25, 0.3) is 0 Å². The molecule has 0 N–H and O–H groups in total. The number of esters is 1. The number of carbonyl (C=O) groups is 2. The van der Waals surface area contributed by atoms with Crippen molar-refractivity contribution >= 4 is 11.9 Å².